The minimum Gasteiger partial charge on any atom is -0.377 e. The quantitative estimate of drug-likeness (QED) is 0.347. The van der Waals surface area contributed by atoms with E-state index < -0.39 is 16.6 Å². The Labute approximate surface area is 189 Å². The first-order valence-electron chi connectivity index (χ1n) is 10.4. The number of anilines is 2. The van der Waals surface area contributed by atoms with Gasteiger partial charge in [-0.1, -0.05) is 12.1 Å². The molecule has 3 aromatic carbocycles. The topological polar surface area (TPSA) is 113 Å². The summed E-state index contributed by atoms with van der Waals surface area (Å²) >= 11 is 0. The van der Waals surface area contributed by atoms with E-state index in [9.17, 15) is 24.1 Å². The molecule has 1 aliphatic rings. The normalized spacial score (nSPS) is 12.6. The molecular formula is C24H21FN4O4. The lowest BCUT2D eigenvalue weighted by Crippen LogP contribution is -2.23. The molecule has 1 fully saturated rings. The Balaban J connectivity index is 1.39. The third-order valence-electron chi connectivity index (χ3n) is 5.14. The Morgan fingerprint density at radius 1 is 0.970 bits per heavy atom. The van der Waals surface area contributed by atoms with E-state index in [2.05, 4.69) is 16.0 Å². The molecule has 0 aliphatic heterocycles. The lowest BCUT2D eigenvalue weighted by Gasteiger charge is -2.10. The highest BCUT2D eigenvalue weighted by atomic mass is 19.1. The van der Waals surface area contributed by atoms with Crippen molar-refractivity contribution in [2.45, 2.75) is 25.4 Å². The summed E-state index contributed by atoms with van der Waals surface area (Å²) in [5.41, 5.74) is 2.01. The van der Waals surface area contributed by atoms with Crippen molar-refractivity contribution in [3.8, 4) is 0 Å². The molecule has 0 unspecified atom stereocenters. The van der Waals surface area contributed by atoms with Crippen LogP contribution in [0.25, 0.3) is 0 Å². The SMILES string of the molecule is O=C(NCc1cccc(NC(=O)c2ccc(F)cc2)c1)c1ccc(NC2CC2)c([N+](=O)[O-])c1. The lowest BCUT2D eigenvalue weighted by molar-refractivity contribution is -0.384. The van der Waals surface area contributed by atoms with Gasteiger partial charge < -0.3 is 16.0 Å². The number of hydrogen-bond donors (Lipinski definition) is 3. The van der Waals surface area contributed by atoms with Crippen molar-refractivity contribution in [2.75, 3.05) is 10.6 Å². The van der Waals surface area contributed by atoms with Gasteiger partial charge in [0.15, 0.2) is 0 Å². The molecule has 1 aliphatic carbocycles. The zero-order valence-electron chi connectivity index (χ0n) is 17.5. The molecule has 9 heteroatoms. The molecule has 0 aromatic heterocycles. The highest BCUT2D eigenvalue weighted by Gasteiger charge is 2.25. The first-order valence-corrected chi connectivity index (χ1v) is 10.4. The van der Waals surface area contributed by atoms with Gasteiger partial charge in [0.05, 0.1) is 4.92 Å². The fourth-order valence-corrected chi connectivity index (χ4v) is 3.24. The van der Waals surface area contributed by atoms with Crippen LogP contribution in [0.1, 0.15) is 39.1 Å². The highest BCUT2D eigenvalue weighted by Crippen LogP contribution is 2.31. The van der Waals surface area contributed by atoms with Crippen molar-refractivity contribution in [2.24, 2.45) is 0 Å². The summed E-state index contributed by atoms with van der Waals surface area (Å²) in [6.07, 6.45) is 1.95. The first-order chi connectivity index (χ1) is 15.9. The van der Waals surface area contributed by atoms with Crippen LogP contribution in [0.15, 0.2) is 66.7 Å². The number of carbonyl (C=O) groups excluding carboxylic acids is 2. The number of nitro benzene ring substituents is 1. The Bertz CT molecular complexity index is 1210. The van der Waals surface area contributed by atoms with Gasteiger partial charge in [0.25, 0.3) is 17.5 Å². The Morgan fingerprint density at radius 3 is 2.39 bits per heavy atom. The Kier molecular flexibility index (Phi) is 6.30. The maximum atomic E-state index is 13.0. The number of hydrogen-bond acceptors (Lipinski definition) is 5. The van der Waals surface area contributed by atoms with Gasteiger partial charge in [0.2, 0.25) is 0 Å². The zero-order chi connectivity index (χ0) is 23.4. The third-order valence-corrected chi connectivity index (χ3v) is 5.14. The van der Waals surface area contributed by atoms with Crippen LogP contribution in [0.5, 0.6) is 0 Å². The van der Waals surface area contributed by atoms with Gasteiger partial charge in [-0.15, -0.1) is 0 Å². The van der Waals surface area contributed by atoms with Crippen LogP contribution in [-0.2, 0) is 6.54 Å². The summed E-state index contributed by atoms with van der Waals surface area (Å²) in [4.78, 5) is 35.8. The molecule has 2 amide bonds. The molecule has 8 nitrogen and oxygen atoms in total. The predicted octanol–water partition coefficient (Wildman–Crippen LogP) is 4.49. The van der Waals surface area contributed by atoms with E-state index >= 15 is 0 Å². The monoisotopic (exact) mass is 448 g/mol. The van der Waals surface area contributed by atoms with Crippen molar-refractivity contribution in [1.82, 2.24) is 5.32 Å². The molecule has 0 heterocycles. The fraction of sp³-hybridized carbons (Fsp3) is 0.167. The number of nitro groups is 1. The highest BCUT2D eigenvalue weighted by molar-refractivity contribution is 6.04. The van der Waals surface area contributed by atoms with Gasteiger partial charge in [-0.3, -0.25) is 19.7 Å². The molecule has 33 heavy (non-hydrogen) atoms. The third kappa shape index (κ3) is 5.70. The number of carbonyl (C=O) groups is 2. The van der Waals surface area contributed by atoms with E-state index in [4.69, 9.17) is 0 Å². The number of nitrogens with one attached hydrogen (secondary N) is 3. The Morgan fingerprint density at radius 2 is 1.70 bits per heavy atom. The molecule has 4 rings (SSSR count). The van der Waals surface area contributed by atoms with E-state index in [1.54, 1.807) is 36.4 Å². The molecule has 3 N–H and O–H groups in total. The minimum atomic E-state index is -0.505. The minimum absolute atomic E-state index is 0.139. The summed E-state index contributed by atoms with van der Waals surface area (Å²) < 4.78 is 13.0. The smallest absolute Gasteiger partial charge is 0.293 e. The zero-order valence-corrected chi connectivity index (χ0v) is 17.5. The summed E-state index contributed by atoms with van der Waals surface area (Å²) in [7, 11) is 0. The van der Waals surface area contributed by atoms with Gasteiger partial charge in [-0.05, 0) is 66.9 Å². The van der Waals surface area contributed by atoms with E-state index in [-0.39, 0.29) is 29.7 Å². The summed E-state index contributed by atoms with van der Waals surface area (Å²) in [5, 5.41) is 20.0. The second-order valence-corrected chi connectivity index (χ2v) is 7.75. The summed E-state index contributed by atoms with van der Waals surface area (Å²) in [6.45, 7) is 0.162. The van der Waals surface area contributed by atoms with Crippen LogP contribution in [0.4, 0.5) is 21.5 Å². The molecule has 0 radical (unpaired) electrons. The molecule has 0 bridgehead atoms. The van der Waals surface area contributed by atoms with Crippen molar-refractivity contribution < 1.29 is 18.9 Å². The van der Waals surface area contributed by atoms with E-state index in [1.807, 2.05) is 0 Å². The molecule has 1 saturated carbocycles. The van der Waals surface area contributed by atoms with Crippen molar-refractivity contribution >= 4 is 28.9 Å². The largest absolute Gasteiger partial charge is 0.377 e. The number of amides is 2. The van der Waals surface area contributed by atoms with Gasteiger partial charge in [0.1, 0.15) is 11.5 Å². The molecular weight excluding hydrogens is 427 g/mol. The molecule has 3 aromatic rings. The van der Waals surface area contributed by atoms with E-state index in [0.717, 1.165) is 18.4 Å². The van der Waals surface area contributed by atoms with Gasteiger partial charge >= 0.3 is 0 Å². The standard InChI is InChI=1S/C24H21FN4O4/c25-18-7-4-16(5-8-18)24(31)28-20-3-1-2-15(12-20)14-26-23(30)17-6-11-21(27-19-9-10-19)22(13-17)29(32)33/h1-8,11-13,19,27H,9-10,14H2,(H,26,30)(H,28,31). The maximum absolute atomic E-state index is 13.0. The number of nitrogens with zero attached hydrogens (tertiary/aromatic N) is 1. The van der Waals surface area contributed by atoms with Gasteiger partial charge in [0, 0.05) is 35.5 Å². The number of rotatable bonds is 8. The molecule has 168 valence electrons. The van der Waals surface area contributed by atoms with Crippen molar-refractivity contribution in [1.29, 1.82) is 0 Å². The van der Waals surface area contributed by atoms with Gasteiger partial charge in [-0.25, -0.2) is 4.39 Å². The first kappa shape index (κ1) is 21.9. The summed E-state index contributed by atoms with van der Waals surface area (Å²) in [6, 6.07) is 16.7. The maximum Gasteiger partial charge on any atom is 0.293 e. The van der Waals surface area contributed by atoms with Gasteiger partial charge in [-0.2, -0.15) is 0 Å². The van der Waals surface area contributed by atoms with Crippen LogP contribution >= 0.6 is 0 Å². The average molecular weight is 448 g/mol. The predicted molar refractivity (Wildman–Crippen MR) is 122 cm³/mol. The van der Waals surface area contributed by atoms with Crippen LogP contribution < -0.4 is 16.0 Å². The van der Waals surface area contributed by atoms with Crippen molar-refractivity contribution in [3.05, 3.63) is 99.4 Å². The fourth-order valence-electron chi connectivity index (χ4n) is 3.24. The van der Waals surface area contributed by atoms with Crippen LogP contribution in [-0.4, -0.2) is 22.8 Å². The molecule has 0 saturated heterocycles. The number of halogens is 1. The second-order valence-electron chi connectivity index (χ2n) is 7.75. The molecule has 0 atom stereocenters. The van der Waals surface area contributed by atoms with Crippen LogP contribution in [0, 0.1) is 15.9 Å². The van der Waals surface area contributed by atoms with Crippen LogP contribution in [0.2, 0.25) is 0 Å². The van der Waals surface area contributed by atoms with Crippen LogP contribution in [0.3, 0.4) is 0 Å². The van der Waals surface area contributed by atoms with Crippen molar-refractivity contribution in [3.63, 3.8) is 0 Å². The average Bonchev–Trinajstić information content (AvgIpc) is 3.62. The molecule has 0 spiro atoms. The summed E-state index contributed by atoms with van der Waals surface area (Å²) in [5.74, 6) is -1.26. The Hall–Kier alpha value is -4.27. The van der Waals surface area contributed by atoms with E-state index in [0.29, 0.717) is 16.9 Å². The second kappa shape index (κ2) is 9.47. The van der Waals surface area contributed by atoms with E-state index in [1.165, 1.54) is 30.3 Å². The number of benzene rings is 3. The lowest BCUT2D eigenvalue weighted by atomic mass is 10.1.